The van der Waals surface area contributed by atoms with Crippen molar-refractivity contribution in [3.8, 4) is 0 Å². The lowest BCUT2D eigenvalue weighted by Gasteiger charge is -2.35. The van der Waals surface area contributed by atoms with Gasteiger partial charge in [0.15, 0.2) is 0 Å². The molecule has 7 heteroatoms. The first-order chi connectivity index (χ1) is 14.0. The highest BCUT2D eigenvalue weighted by Crippen LogP contribution is 2.42. The van der Waals surface area contributed by atoms with E-state index in [9.17, 15) is 9.59 Å². The molecule has 5 nitrogen and oxygen atoms in total. The average Bonchev–Trinajstić information content (AvgIpc) is 3.31. The summed E-state index contributed by atoms with van der Waals surface area (Å²) in [6.45, 7) is 1.79. The zero-order valence-electron chi connectivity index (χ0n) is 15.8. The monoisotopic (exact) mass is 425 g/mol. The third-order valence-electron chi connectivity index (χ3n) is 5.33. The van der Waals surface area contributed by atoms with Gasteiger partial charge >= 0.3 is 0 Å². The van der Waals surface area contributed by atoms with Gasteiger partial charge in [0, 0.05) is 5.02 Å². The largest absolute Gasteiger partial charge is 0.368 e. The number of carbonyl (C=O) groups is 2. The van der Waals surface area contributed by atoms with E-state index in [1.165, 1.54) is 11.3 Å². The van der Waals surface area contributed by atoms with E-state index in [1.54, 1.807) is 17.3 Å². The minimum atomic E-state index is -0.889. The number of nitrogens with zero attached hydrogens (tertiary/aromatic N) is 2. The van der Waals surface area contributed by atoms with Crippen molar-refractivity contribution in [2.24, 2.45) is 5.73 Å². The first kappa shape index (κ1) is 19.6. The highest BCUT2D eigenvalue weighted by Gasteiger charge is 2.40. The topological polar surface area (TPSA) is 76.3 Å². The van der Waals surface area contributed by atoms with Crippen LogP contribution in [-0.4, -0.2) is 21.7 Å². The van der Waals surface area contributed by atoms with Crippen molar-refractivity contribution in [2.75, 3.05) is 0 Å². The molecule has 0 radical (unpaired) electrons. The van der Waals surface area contributed by atoms with Crippen molar-refractivity contribution in [1.82, 2.24) is 9.88 Å². The molecule has 29 heavy (non-hydrogen) atoms. The Labute approximate surface area is 178 Å². The predicted octanol–water partition coefficient (Wildman–Crippen LogP) is 4.46. The molecule has 1 aliphatic rings. The summed E-state index contributed by atoms with van der Waals surface area (Å²) in [5.41, 5.74) is 10.9. The number of aryl methyl sites for hydroxylation is 2. The average molecular weight is 426 g/mol. The molecule has 0 saturated heterocycles. The highest BCUT2D eigenvalue weighted by molar-refractivity contribution is 7.11. The van der Waals surface area contributed by atoms with Gasteiger partial charge in [0.05, 0.1) is 17.2 Å². The SMILES string of the molecule is Cc1ncsc1C(=O)N(C(C(N)=O)c1ccccc1)[C@@H]1CCc2ccc(Cl)cc21. The molecule has 0 aliphatic heterocycles. The van der Waals surface area contributed by atoms with Crippen LogP contribution in [0, 0.1) is 6.92 Å². The Morgan fingerprint density at radius 1 is 1.24 bits per heavy atom. The first-order valence-corrected chi connectivity index (χ1v) is 10.6. The van der Waals surface area contributed by atoms with E-state index < -0.39 is 11.9 Å². The number of fused-ring (bicyclic) bond motifs is 1. The summed E-state index contributed by atoms with van der Waals surface area (Å²) in [6.07, 6.45) is 1.51. The Bertz CT molecular complexity index is 1070. The van der Waals surface area contributed by atoms with Crippen LogP contribution in [0.3, 0.4) is 0 Å². The summed E-state index contributed by atoms with van der Waals surface area (Å²) in [6, 6.07) is 13.7. The van der Waals surface area contributed by atoms with E-state index in [2.05, 4.69) is 4.98 Å². The van der Waals surface area contributed by atoms with Crippen LogP contribution in [0.15, 0.2) is 54.0 Å². The standard InChI is InChI=1S/C22H20ClN3O2S/c1-13-20(29-12-25-13)22(28)26(19(21(24)27)15-5-3-2-4-6-15)18-10-8-14-7-9-16(23)11-17(14)18/h2-7,9,11-12,18-19H,8,10H2,1H3,(H2,24,27)/t18-,19?/m1/s1. The van der Waals surface area contributed by atoms with Gasteiger partial charge in [0.25, 0.3) is 5.91 Å². The van der Waals surface area contributed by atoms with Gasteiger partial charge in [-0.15, -0.1) is 11.3 Å². The molecule has 1 aliphatic carbocycles. The number of hydrogen-bond acceptors (Lipinski definition) is 4. The molecule has 1 heterocycles. The van der Waals surface area contributed by atoms with Gasteiger partial charge in [0.2, 0.25) is 5.91 Å². The van der Waals surface area contributed by atoms with E-state index in [0.717, 1.165) is 17.5 Å². The second kappa shape index (κ2) is 7.97. The van der Waals surface area contributed by atoms with Crippen LogP contribution in [0.2, 0.25) is 5.02 Å². The van der Waals surface area contributed by atoms with Crippen LogP contribution >= 0.6 is 22.9 Å². The van der Waals surface area contributed by atoms with Gasteiger partial charge in [-0.1, -0.05) is 48.0 Å². The van der Waals surface area contributed by atoms with Crippen LogP contribution in [-0.2, 0) is 11.2 Å². The van der Waals surface area contributed by atoms with Crippen LogP contribution in [0.25, 0.3) is 0 Å². The normalized spacial score (nSPS) is 16.3. The summed E-state index contributed by atoms with van der Waals surface area (Å²) in [5, 5.41) is 0.604. The Morgan fingerprint density at radius 3 is 2.66 bits per heavy atom. The number of amides is 2. The molecular formula is C22H20ClN3O2S. The van der Waals surface area contributed by atoms with Crippen molar-refractivity contribution in [2.45, 2.75) is 31.8 Å². The molecule has 2 aromatic carbocycles. The fourth-order valence-electron chi connectivity index (χ4n) is 4.00. The Kier molecular flexibility index (Phi) is 5.39. The molecule has 2 N–H and O–H groups in total. The predicted molar refractivity (Wildman–Crippen MR) is 114 cm³/mol. The number of primary amides is 1. The molecule has 0 saturated carbocycles. The molecule has 1 aromatic heterocycles. The molecule has 0 fully saturated rings. The zero-order valence-corrected chi connectivity index (χ0v) is 17.4. The zero-order chi connectivity index (χ0) is 20.5. The summed E-state index contributed by atoms with van der Waals surface area (Å²) in [7, 11) is 0. The molecule has 3 aromatic rings. The number of carbonyl (C=O) groups excluding carboxylic acids is 2. The molecule has 2 amide bonds. The number of aromatic nitrogens is 1. The fraction of sp³-hybridized carbons (Fsp3) is 0.227. The maximum Gasteiger partial charge on any atom is 0.267 e. The Morgan fingerprint density at radius 2 is 2.00 bits per heavy atom. The number of benzene rings is 2. The second-order valence-corrected chi connectivity index (χ2v) is 8.38. The van der Waals surface area contributed by atoms with E-state index in [-0.39, 0.29) is 11.9 Å². The summed E-state index contributed by atoms with van der Waals surface area (Å²) in [5.74, 6) is -0.808. The van der Waals surface area contributed by atoms with Gasteiger partial charge < -0.3 is 10.6 Å². The van der Waals surface area contributed by atoms with E-state index in [0.29, 0.717) is 27.6 Å². The van der Waals surface area contributed by atoms with Gasteiger partial charge in [-0.3, -0.25) is 9.59 Å². The van der Waals surface area contributed by atoms with Crippen LogP contribution in [0.5, 0.6) is 0 Å². The maximum absolute atomic E-state index is 13.7. The molecule has 148 valence electrons. The number of rotatable bonds is 5. The molecule has 4 rings (SSSR count). The van der Waals surface area contributed by atoms with Crippen LogP contribution < -0.4 is 5.73 Å². The second-order valence-electron chi connectivity index (χ2n) is 7.09. The van der Waals surface area contributed by atoms with Gasteiger partial charge in [0.1, 0.15) is 10.9 Å². The van der Waals surface area contributed by atoms with E-state index in [4.69, 9.17) is 17.3 Å². The maximum atomic E-state index is 13.7. The highest BCUT2D eigenvalue weighted by atomic mass is 35.5. The number of nitrogens with two attached hydrogens (primary N) is 1. The van der Waals surface area contributed by atoms with Crippen molar-refractivity contribution >= 4 is 34.8 Å². The van der Waals surface area contributed by atoms with E-state index >= 15 is 0 Å². The van der Waals surface area contributed by atoms with Crippen molar-refractivity contribution in [1.29, 1.82) is 0 Å². The van der Waals surface area contributed by atoms with Gasteiger partial charge in [-0.2, -0.15) is 0 Å². The first-order valence-electron chi connectivity index (χ1n) is 9.32. The quantitative estimate of drug-likeness (QED) is 0.655. The van der Waals surface area contributed by atoms with E-state index in [1.807, 2.05) is 48.5 Å². The lowest BCUT2D eigenvalue weighted by Crippen LogP contribution is -2.43. The minimum Gasteiger partial charge on any atom is -0.368 e. The number of hydrogen-bond donors (Lipinski definition) is 1. The smallest absolute Gasteiger partial charge is 0.267 e. The minimum absolute atomic E-state index is 0.240. The summed E-state index contributed by atoms with van der Waals surface area (Å²) >= 11 is 7.53. The lowest BCUT2D eigenvalue weighted by molar-refractivity contribution is -0.123. The third-order valence-corrected chi connectivity index (χ3v) is 6.48. The molecule has 1 unspecified atom stereocenters. The van der Waals surface area contributed by atoms with Crippen molar-refractivity contribution in [3.05, 3.63) is 86.3 Å². The molecular weight excluding hydrogens is 406 g/mol. The van der Waals surface area contributed by atoms with Gasteiger partial charge in [-0.05, 0) is 48.6 Å². The Hall–Kier alpha value is -2.70. The summed E-state index contributed by atoms with van der Waals surface area (Å²) in [4.78, 5) is 32.7. The van der Waals surface area contributed by atoms with Crippen molar-refractivity contribution in [3.63, 3.8) is 0 Å². The number of halogens is 1. The Balaban J connectivity index is 1.87. The van der Waals surface area contributed by atoms with Gasteiger partial charge in [-0.25, -0.2) is 4.98 Å². The molecule has 0 spiro atoms. The molecule has 0 bridgehead atoms. The van der Waals surface area contributed by atoms with Crippen LogP contribution in [0.4, 0.5) is 0 Å². The number of thiazole rings is 1. The lowest BCUT2D eigenvalue weighted by atomic mass is 9.99. The van der Waals surface area contributed by atoms with Crippen LogP contribution in [0.1, 0.15) is 50.6 Å². The summed E-state index contributed by atoms with van der Waals surface area (Å²) < 4.78 is 0. The molecule has 2 atom stereocenters. The fourth-order valence-corrected chi connectivity index (χ4v) is 4.93. The third kappa shape index (κ3) is 3.66. The van der Waals surface area contributed by atoms with Crippen molar-refractivity contribution < 1.29 is 9.59 Å².